The highest BCUT2D eigenvalue weighted by atomic mass is 35.5. The van der Waals surface area contributed by atoms with Gasteiger partial charge in [-0.1, -0.05) is 29.8 Å². The lowest BCUT2D eigenvalue weighted by molar-refractivity contribution is -0.112. The summed E-state index contributed by atoms with van der Waals surface area (Å²) < 4.78 is 5.22. The van der Waals surface area contributed by atoms with Crippen LogP contribution in [0.3, 0.4) is 0 Å². The molecule has 0 atom stereocenters. The molecule has 2 N–H and O–H groups in total. The third-order valence-corrected chi connectivity index (χ3v) is 4.58. The topological polar surface area (TPSA) is 95.0 Å². The monoisotopic (exact) mass is 393 g/mol. The van der Waals surface area contributed by atoms with E-state index >= 15 is 0 Å². The Morgan fingerprint density at radius 1 is 1.29 bits per heavy atom. The summed E-state index contributed by atoms with van der Waals surface area (Å²) in [4.78, 5) is 27.6. The van der Waals surface area contributed by atoms with E-state index in [-0.39, 0.29) is 16.7 Å². The lowest BCUT2D eigenvalue weighted by atomic mass is 10.1. The summed E-state index contributed by atoms with van der Waals surface area (Å²) in [6.07, 6.45) is 1.26. The van der Waals surface area contributed by atoms with Crippen LogP contribution in [-0.4, -0.2) is 18.0 Å². The number of anilines is 1. The van der Waals surface area contributed by atoms with Crippen LogP contribution in [0.5, 0.6) is 5.75 Å². The van der Waals surface area contributed by atoms with E-state index in [2.05, 4.69) is 10.3 Å². The minimum Gasteiger partial charge on any atom is -0.495 e. The van der Waals surface area contributed by atoms with Gasteiger partial charge in [0, 0.05) is 22.2 Å². The number of hydrogen-bond acceptors (Lipinski definition) is 4. The van der Waals surface area contributed by atoms with Crippen LogP contribution in [0, 0.1) is 18.3 Å². The van der Waals surface area contributed by atoms with Gasteiger partial charge in [0.2, 0.25) is 0 Å². The van der Waals surface area contributed by atoms with Crippen molar-refractivity contribution < 1.29 is 9.53 Å². The molecule has 0 radical (unpaired) electrons. The minimum absolute atomic E-state index is 0.213. The Labute approximate surface area is 166 Å². The molecule has 3 rings (SSSR count). The van der Waals surface area contributed by atoms with E-state index < -0.39 is 5.91 Å². The van der Waals surface area contributed by atoms with Gasteiger partial charge in [-0.05, 0) is 42.1 Å². The second-order valence-corrected chi connectivity index (χ2v) is 6.47. The van der Waals surface area contributed by atoms with E-state index in [0.29, 0.717) is 22.0 Å². The lowest BCUT2D eigenvalue weighted by Crippen LogP contribution is -2.16. The highest BCUT2D eigenvalue weighted by molar-refractivity contribution is 6.31. The maximum absolute atomic E-state index is 12.6. The number of nitriles is 1. The Kier molecular flexibility index (Phi) is 5.48. The van der Waals surface area contributed by atoms with Crippen LogP contribution in [-0.2, 0) is 4.79 Å². The zero-order valence-corrected chi connectivity index (χ0v) is 15.9. The van der Waals surface area contributed by atoms with Crippen LogP contribution in [0.4, 0.5) is 5.69 Å². The molecule has 1 amide bonds. The molecule has 2 aromatic carbocycles. The first-order valence-electron chi connectivity index (χ1n) is 8.32. The molecule has 7 heteroatoms. The number of nitrogens with one attached hydrogen (secondary N) is 2. The van der Waals surface area contributed by atoms with Crippen LogP contribution < -0.4 is 15.6 Å². The third-order valence-electron chi connectivity index (χ3n) is 4.18. The zero-order chi connectivity index (χ0) is 20.3. The second kappa shape index (κ2) is 7.99. The molecule has 1 aromatic heterocycles. The summed E-state index contributed by atoms with van der Waals surface area (Å²) in [5.74, 6) is -0.292. The Bertz CT molecular complexity index is 1210. The lowest BCUT2D eigenvalue weighted by Gasteiger charge is -2.12. The fourth-order valence-corrected chi connectivity index (χ4v) is 2.85. The number of carbonyl (C=O) groups excluding carboxylic acids is 1. The van der Waals surface area contributed by atoms with Gasteiger partial charge in [-0.25, -0.2) is 0 Å². The molecule has 0 saturated carbocycles. The molecular weight excluding hydrogens is 378 g/mol. The van der Waals surface area contributed by atoms with Gasteiger partial charge < -0.3 is 15.0 Å². The molecule has 0 bridgehead atoms. The number of methoxy groups -OCH3 is 1. The number of hydrogen-bond donors (Lipinski definition) is 2. The molecule has 0 aliphatic rings. The van der Waals surface area contributed by atoms with E-state index in [0.717, 1.165) is 10.9 Å². The average Bonchev–Trinajstić information content (AvgIpc) is 2.68. The number of aromatic amines is 1. The summed E-state index contributed by atoms with van der Waals surface area (Å²) in [7, 11) is 1.45. The smallest absolute Gasteiger partial charge is 0.266 e. The first-order valence-corrected chi connectivity index (χ1v) is 8.70. The van der Waals surface area contributed by atoms with Crippen LogP contribution in [0.15, 0.2) is 52.8 Å². The summed E-state index contributed by atoms with van der Waals surface area (Å²) in [6.45, 7) is 1.78. The van der Waals surface area contributed by atoms with Crippen molar-refractivity contribution in [3.8, 4) is 11.8 Å². The number of pyridine rings is 1. The van der Waals surface area contributed by atoms with Gasteiger partial charge >= 0.3 is 0 Å². The van der Waals surface area contributed by atoms with Crippen LogP contribution in [0.2, 0.25) is 5.02 Å². The number of halogens is 1. The third kappa shape index (κ3) is 3.90. The predicted molar refractivity (Wildman–Crippen MR) is 110 cm³/mol. The molecule has 140 valence electrons. The number of nitrogens with zero attached hydrogens (tertiary/aromatic N) is 1. The van der Waals surface area contributed by atoms with Gasteiger partial charge in [0.25, 0.3) is 11.5 Å². The number of H-pyrrole nitrogens is 1. The van der Waals surface area contributed by atoms with Crippen molar-refractivity contribution in [2.75, 3.05) is 12.4 Å². The zero-order valence-electron chi connectivity index (χ0n) is 15.2. The number of amides is 1. The fourth-order valence-electron chi connectivity index (χ4n) is 2.70. The predicted octanol–water partition coefficient (Wildman–Crippen LogP) is 4.04. The van der Waals surface area contributed by atoms with Gasteiger partial charge in [0.05, 0.1) is 12.8 Å². The number of carbonyl (C=O) groups is 1. The Morgan fingerprint density at radius 3 is 2.75 bits per heavy atom. The second-order valence-electron chi connectivity index (χ2n) is 6.07. The van der Waals surface area contributed by atoms with Crippen LogP contribution in [0.25, 0.3) is 17.0 Å². The van der Waals surface area contributed by atoms with Crippen molar-refractivity contribution in [3.63, 3.8) is 0 Å². The number of ether oxygens (including phenoxy) is 1. The molecule has 0 saturated heterocycles. The minimum atomic E-state index is -0.657. The average molecular weight is 394 g/mol. The van der Waals surface area contributed by atoms with Gasteiger partial charge in [-0.3, -0.25) is 9.59 Å². The maximum atomic E-state index is 12.6. The quantitative estimate of drug-likeness (QED) is 0.516. The number of fused-ring (bicyclic) bond motifs is 1. The Morgan fingerprint density at radius 2 is 2.04 bits per heavy atom. The van der Waals surface area contributed by atoms with Gasteiger partial charge in [-0.15, -0.1) is 0 Å². The molecule has 0 aliphatic carbocycles. The van der Waals surface area contributed by atoms with Crippen molar-refractivity contribution >= 4 is 40.2 Å². The van der Waals surface area contributed by atoms with E-state index in [1.807, 2.05) is 24.3 Å². The number of para-hydroxylation sites is 1. The van der Waals surface area contributed by atoms with Crippen LogP contribution in [0.1, 0.15) is 11.1 Å². The van der Waals surface area contributed by atoms with Crippen molar-refractivity contribution in [2.45, 2.75) is 6.92 Å². The molecule has 1 heterocycles. The number of aryl methyl sites for hydroxylation is 1. The summed E-state index contributed by atoms with van der Waals surface area (Å²) in [5.41, 5.74) is 1.41. The fraction of sp³-hybridized carbons (Fsp3) is 0.0952. The van der Waals surface area contributed by atoms with Gasteiger partial charge in [0.1, 0.15) is 17.4 Å². The first kappa shape index (κ1) is 19.2. The normalized spacial score (nSPS) is 11.1. The van der Waals surface area contributed by atoms with Gasteiger partial charge in [-0.2, -0.15) is 5.26 Å². The highest BCUT2D eigenvalue weighted by Gasteiger charge is 2.15. The number of aromatic nitrogens is 1. The largest absolute Gasteiger partial charge is 0.495 e. The standard InChI is InChI=1S/C21H16ClN3O3/c1-12-7-18(19(28-2)10-16(12)22)25-21(27)15(11-23)9-14-8-13-5-3-4-6-17(13)24-20(14)26/h3-10H,1-2H3,(H,24,26)(H,25,27). The van der Waals surface area contributed by atoms with Crippen LogP contribution >= 0.6 is 11.6 Å². The molecule has 28 heavy (non-hydrogen) atoms. The molecule has 6 nitrogen and oxygen atoms in total. The van der Waals surface area contributed by atoms with E-state index in [9.17, 15) is 14.9 Å². The molecule has 0 fully saturated rings. The molecule has 0 unspecified atom stereocenters. The molecular formula is C21H16ClN3O3. The van der Waals surface area contributed by atoms with Crippen molar-refractivity contribution in [2.24, 2.45) is 0 Å². The van der Waals surface area contributed by atoms with Gasteiger partial charge in [0.15, 0.2) is 0 Å². The van der Waals surface area contributed by atoms with Crippen molar-refractivity contribution in [1.29, 1.82) is 5.26 Å². The van der Waals surface area contributed by atoms with E-state index in [1.165, 1.54) is 13.2 Å². The molecule has 0 spiro atoms. The van der Waals surface area contributed by atoms with Crippen molar-refractivity contribution in [3.05, 3.63) is 74.5 Å². The molecule has 3 aromatic rings. The summed E-state index contributed by atoms with van der Waals surface area (Å²) >= 11 is 6.07. The number of benzene rings is 2. The molecule has 0 aliphatic heterocycles. The van der Waals surface area contributed by atoms with E-state index in [1.54, 1.807) is 31.2 Å². The summed E-state index contributed by atoms with van der Waals surface area (Å²) in [5, 5.41) is 13.3. The first-order chi connectivity index (χ1) is 13.4. The highest BCUT2D eigenvalue weighted by Crippen LogP contribution is 2.31. The Balaban J connectivity index is 1.97. The number of rotatable bonds is 4. The van der Waals surface area contributed by atoms with Crippen molar-refractivity contribution in [1.82, 2.24) is 4.98 Å². The summed E-state index contributed by atoms with van der Waals surface area (Å²) in [6, 6.07) is 13.9. The SMILES string of the molecule is COc1cc(Cl)c(C)cc1NC(=O)C(C#N)=Cc1cc2ccccc2[nH]c1=O. The van der Waals surface area contributed by atoms with E-state index in [4.69, 9.17) is 16.3 Å². The maximum Gasteiger partial charge on any atom is 0.266 e. The Hall–Kier alpha value is -3.56.